The highest BCUT2D eigenvalue weighted by molar-refractivity contribution is 5.92. The molecule has 8 heteroatoms. The number of fused-ring (bicyclic) bond motifs is 1. The van der Waals surface area contributed by atoms with Gasteiger partial charge in [0.05, 0.1) is 17.7 Å². The van der Waals surface area contributed by atoms with Crippen molar-refractivity contribution in [3.8, 4) is 17.1 Å². The Hall–Kier alpha value is -3.42. The van der Waals surface area contributed by atoms with Crippen LogP contribution in [0, 0.1) is 24.6 Å². The minimum absolute atomic E-state index is 0. The van der Waals surface area contributed by atoms with Crippen LogP contribution in [0.3, 0.4) is 0 Å². The van der Waals surface area contributed by atoms with Gasteiger partial charge in [-0.05, 0) is 61.4 Å². The summed E-state index contributed by atoms with van der Waals surface area (Å²) in [5.74, 6) is 0.600. The molecule has 1 amide bonds. The first-order valence-electron chi connectivity index (χ1n) is 11.7. The predicted molar refractivity (Wildman–Crippen MR) is 133 cm³/mol. The number of nitrogens with zero attached hydrogens (tertiary/aromatic N) is 3. The maximum absolute atomic E-state index is 14.6. The molecule has 4 rings (SSSR count). The molecule has 0 unspecified atom stereocenters. The Bertz CT molecular complexity index is 1170. The highest BCUT2D eigenvalue weighted by atomic mass is 19.1. The van der Waals surface area contributed by atoms with Gasteiger partial charge in [-0.25, -0.2) is 19.2 Å². The lowest BCUT2D eigenvalue weighted by Crippen LogP contribution is -2.41. The van der Waals surface area contributed by atoms with Crippen LogP contribution in [0.5, 0.6) is 5.75 Å². The summed E-state index contributed by atoms with van der Waals surface area (Å²) in [5.41, 5.74) is 1.72. The molecule has 1 fully saturated rings. The van der Waals surface area contributed by atoms with Crippen molar-refractivity contribution in [3.63, 3.8) is 0 Å². The molecule has 182 valence electrons. The number of carbonyl (C=O) groups is 1. The van der Waals surface area contributed by atoms with Crippen molar-refractivity contribution in [1.82, 2.24) is 15.3 Å². The molecule has 0 radical (unpaired) electrons. The number of benzene rings is 2. The van der Waals surface area contributed by atoms with Gasteiger partial charge in [0, 0.05) is 26.4 Å². The number of phenolic OH excluding ortho intramolecular Hbond substituents is 1. The number of nitrogens with one attached hydrogen (secondary N) is 1. The zero-order valence-electron chi connectivity index (χ0n) is 19.8. The van der Waals surface area contributed by atoms with Crippen LogP contribution < -0.4 is 10.2 Å². The van der Waals surface area contributed by atoms with E-state index in [0.29, 0.717) is 31.0 Å². The van der Waals surface area contributed by atoms with Crippen molar-refractivity contribution in [2.24, 2.45) is 11.8 Å². The minimum Gasteiger partial charge on any atom is -0.507 e. The van der Waals surface area contributed by atoms with Crippen LogP contribution in [0.2, 0.25) is 0 Å². The van der Waals surface area contributed by atoms with Gasteiger partial charge in [-0.1, -0.05) is 26.0 Å². The van der Waals surface area contributed by atoms with E-state index < -0.39 is 11.9 Å². The highest BCUT2D eigenvalue weighted by Crippen LogP contribution is 2.35. The number of aryl methyl sites for hydroxylation is 1. The lowest BCUT2D eigenvalue weighted by molar-refractivity contribution is 0.131. The van der Waals surface area contributed by atoms with Crippen molar-refractivity contribution in [2.75, 3.05) is 31.1 Å². The van der Waals surface area contributed by atoms with Crippen LogP contribution in [0.15, 0.2) is 36.4 Å². The Labute approximate surface area is 200 Å². The zero-order valence-corrected chi connectivity index (χ0v) is 19.8. The van der Waals surface area contributed by atoms with E-state index in [2.05, 4.69) is 15.2 Å². The summed E-state index contributed by atoms with van der Waals surface area (Å²) < 4.78 is 19.9. The van der Waals surface area contributed by atoms with Crippen LogP contribution in [0.1, 0.15) is 33.7 Å². The van der Waals surface area contributed by atoms with E-state index in [9.17, 15) is 14.3 Å². The van der Waals surface area contributed by atoms with Gasteiger partial charge in [0.2, 0.25) is 0 Å². The quantitative estimate of drug-likeness (QED) is 0.511. The Morgan fingerprint density at radius 3 is 2.91 bits per heavy atom. The van der Waals surface area contributed by atoms with E-state index in [1.54, 1.807) is 0 Å². The largest absolute Gasteiger partial charge is 0.507 e. The van der Waals surface area contributed by atoms with E-state index >= 15 is 0 Å². The molecule has 1 aromatic heterocycles. The number of rotatable bonds is 6. The summed E-state index contributed by atoms with van der Waals surface area (Å²) in [4.78, 5) is 23.5. The molecule has 7 nitrogen and oxygen atoms in total. The number of hydrogen-bond donors (Lipinski definition) is 2. The summed E-state index contributed by atoms with van der Waals surface area (Å²) in [6, 6.07) is 10.1. The lowest BCUT2D eigenvalue weighted by atomic mass is 9.97. The molecule has 3 aromatic rings. The number of aromatic nitrogens is 2. The van der Waals surface area contributed by atoms with Gasteiger partial charge < -0.3 is 20.1 Å². The molecular weight excluding hydrogens is 435 g/mol. The Morgan fingerprint density at radius 1 is 1.32 bits per heavy atom. The van der Waals surface area contributed by atoms with Crippen molar-refractivity contribution in [1.29, 1.82) is 0 Å². The second-order valence-electron chi connectivity index (χ2n) is 9.35. The molecule has 0 bridgehead atoms. The third kappa shape index (κ3) is 5.38. The van der Waals surface area contributed by atoms with E-state index in [4.69, 9.17) is 9.72 Å². The lowest BCUT2D eigenvalue weighted by Gasteiger charge is -2.34. The van der Waals surface area contributed by atoms with Crippen molar-refractivity contribution in [3.05, 3.63) is 47.8 Å². The predicted octanol–water partition coefficient (Wildman–Crippen LogP) is 5.29. The second-order valence-corrected chi connectivity index (χ2v) is 9.35. The van der Waals surface area contributed by atoms with Crippen molar-refractivity contribution >= 4 is 22.8 Å². The number of carbonyl (C=O) groups excluding carboxylic acids is 1. The van der Waals surface area contributed by atoms with Gasteiger partial charge in [-0.15, -0.1) is 0 Å². The SMILES string of the molecule is Cc1ccc2c(N3CCC[C@@H](CNC(=O)OCC(C)C)C3)nc(-c3c(O)cccc3F)nc2c1.[HH]. The number of alkyl carbamates (subject to hydrolysis) is 1. The van der Waals surface area contributed by atoms with Crippen molar-refractivity contribution < 1.29 is 20.5 Å². The van der Waals surface area contributed by atoms with Gasteiger partial charge in [-0.2, -0.15) is 0 Å². The summed E-state index contributed by atoms with van der Waals surface area (Å²) in [6.45, 7) is 8.34. The molecule has 1 atom stereocenters. The fraction of sp³-hybridized carbons (Fsp3) is 0.423. The molecule has 2 heterocycles. The highest BCUT2D eigenvalue weighted by Gasteiger charge is 2.25. The number of halogens is 1. The third-order valence-corrected chi connectivity index (χ3v) is 5.95. The normalized spacial score (nSPS) is 16.1. The molecule has 1 aliphatic rings. The number of piperidine rings is 1. The summed E-state index contributed by atoms with van der Waals surface area (Å²) in [6.07, 6.45) is 1.51. The number of hydrogen-bond acceptors (Lipinski definition) is 6. The minimum atomic E-state index is -0.571. The summed E-state index contributed by atoms with van der Waals surface area (Å²) in [7, 11) is 0. The fourth-order valence-corrected chi connectivity index (χ4v) is 4.25. The molecule has 0 aliphatic carbocycles. The van der Waals surface area contributed by atoms with Crippen LogP contribution >= 0.6 is 0 Å². The average molecular weight is 469 g/mol. The van der Waals surface area contributed by atoms with Crippen LogP contribution in [-0.2, 0) is 4.74 Å². The Kier molecular flexibility index (Phi) is 7.14. The third-order valence-electron chi connectivity index (χ3n) is 5.95. The molecular formula is C26H33FN4O3. The average Bonchev–Trinajstić information content (AvgIpc) is 2.80. The molecule has 34 heavy (non-hydrogen) atoms. The Balaban J connectivity index is 0.00000342. The van der Waals surface area contributed by atoms with E-state index in [1.807, 2.05) is 39.0 Å². The van der Waals surface area contributed by atoms with Gasteiger partial charge in [0.1, 0.15) is 17.4 Å². The number of phenols is 1. The molecule has 0 spiro atoms. The first-order valence-corrected chi connectivity index (χ1v) is 11.7. The number of aromatic hydroxyl groups is 1. The maximum atomic E-state index is 14.6. The first-order chi connectivity index (χ1) is 16.3. The van der Waals surface area contributed by atoms with Crippen molar-refractivity contribution in [2.45, 2.75) is 33.6 Å². The number of ether oxygens (including phenoxy) is 1. The monoisotopic (exact) mass is 468 g/mol. The second kappa shape index (κ2) is 10.2. The number of amides is 1. The molecule has 1 saturated heterocycles. The fourth-order valence-electron chi connectivity index (χ4n) is 4.25. The Morgan fingerprint density at radius 2 is 2.15 bits per heavy atom. The van der Waals surface area contributed by atoms with Gasteiger partial charge in [0.25, 0.3) is 0 Å². The van der Waals surface area contributed by atoms with Crippen LogP contribution in [0.4, 0.5) is 15.0 Å². The van der Waals surface area contributed by atoms with Gasteiger partial charge in [0.15, 0.2) is 5.82 Å². The summed E-state index contributed by atoms with van der Waals surface area (Å²) in [5, 5.41) is 14.1. The number of anilines is 1. The van der Waals surface area contributed by atoms with Crippen LogP contribution in [0.25, 0.3) is 22.3 Å². The van der Waals surface area contributed by atoms with Crippen LogP contribution in [-0.4, -0.2) is 47.4 Å². The van der Waals surface area contributed by atoms with Gasteiger partial charge in [-0.3, -0.25) is 0 Å². The zero-order chi connectivity index (χ0) is 24.2. The molecule has 0 saturated carbocycles. The first kappa shape index (κ1) is 23.7. The molecule has 1 aliphatic heterocycles. The molecule has 2 N–H and O–H groups in total. The van der Waals surface area contributed by atoms with E-state index in [-0.39, 0.29) is 30.4 Å². The summed E-state index contributed by atoms with van der Waals surface area (Å²) >= 11 is 0. The molecule has 2 aromatic carbocycles. The standard InChI is InChI=1S/C26H31FN4O3.H2/c1-16(2)15-34-26(33)28-13-18-6-5-11-31(14-18)25-19-10-9-17(3)12-21(19)29-24(30-25)23-20(27)7-4-8-22(23)32;/h4,7-10,12,16,18,32H,5-6,11,13-15H2,1-3H3,(H,28,33);1H/t18-;/m0./s1. The van der Waals surface area contributed by atoms with E-state index in [1.165, 1.54) is 18.2 Å². The van der Waals surface area contributed by atoms with Gasteiger partial charge >= 0.3 is 6.09 Å². The maximum Gasteiger partial charge on any atom is 0.407 e. The van der Waals surface area contributed by atoms with E-state index in [0.717, 1.165) is 30.3 Å². The smallest absolute Gasteiger partial charge is 0.407 e. The topological polar surface area (TPSA) is 87.6 Å².